The predicted molar refractivity (Wildman–Crippen MR) is 89.1 cm³/mol. The van der Waals surface area contributed by atoms with Crippen LogP contribution < -0.4 is 5.48 Å². The Labute approximate surface area is 145 Å². The number of hydrogen-bond acceptors (Lipinski definition) is 4. The van der Waals surface area contributed by atoms with Gasteiger partial charge in [-0.1, -0.05) is 37.3 Å². The minimum Gasteiger partial charge on any atom is -0.478 e. The maximum atomic E-state index is 13.0. The molecule has 1 aromatic carbocycles. The molecule has 134 valence electrons. The molecule has 1 aliphatic rings. The average Bonchev–Trinajstić information content (AvgIpc) is 2.58. The minimum atomic E-state index is -0.994. The second-order valence-corrected chi connectivity index (χ2v) is 6.14. The van der Waals surface area contributed by atoms with Gasteiger partial charge in [0.05, 0.1) is 12.1 Å². The van der Waals surface area contributed by atoms with Crippen LogP contribution in [0.1, 0.15) is 12.5 Å². The first kappa shape index (κ1) is 18.8. The summed E-state index contributed by atoms with van der Waals surface area (Å²) in [7, 11) is 0. The Morgan fingerprint density at radius 2 is 1.96 bits per heavy atom. The van der Waals surface area contributed by atoms with Gasteiger partial charge < -0.3 is 5.11 Å². The SMILES string of the molecule is CC1C=CC(C(=O)O)=CC1CN(CC(=O)NO)Cc1ccc(F)cc1. The average molecular weight is 348 g/mol. The van der Waals surface area contributed by atoms with Crippen molar-refractivity contribution in [2.24, 2.45) is 11.8 Å². The van der Waals surface area contributed by atoms with Crippen LogP contribution in [-0.2, 0) is 16.1 Å². The number of aliphatic carboxylic acids is 1. The third-order valence-electron chi connectivity index (χ3n) is 4.18. The number of hydroxylamine groups is 1. The normalized spacial score (nSPS) is 19.6. The smallest absolute Gasteiger partial charge is 0.335 e. The largest absolute Gasteiger partial charge is 0.478 e. The lowest BCUT2D eigenvalue weighted by molar-refractivity contribution is -0.132. The molecular weight excluding hydrogens is 327 g/mol. The number of allylic oxidation sites excluding steroid dienone is 1. The van der Waals surface area contributed by atoms with E-state index < -0.39 is 11.9 Å². The fourth-order valence-electron chi connectivity index (χ4n) is 2.77. The van der Waals surface area contributed by atoms with E-state index in [1.54, 1.807) is 34.7 Å². The molecule has 1 aromatic rings. The molecule has 0 radical (unpaired) electrons. The standard InChI is InChI=1S/C18H21FN2O4/c1-12-2-5-14(18(23)24)8-15(12)10-21(11-17(22)20-25)9-13-3-6-16(19)7-4-13/h2-8,12,15,25H,9-11H2,1H3,(H,20,22)(H,23,24). The summed E-state index contributed by atoms with van der Waals surface area (Å²) in [6.45, 7) is 2.71. The number of nitrogens with zero attached hydrogens (tertiary/aromatic N) is 1. The van der Waals surface area contributed by atoms with Crippen LogP contribution in [0.5, 0.6) is 0 Å². The Morgan fingerprint density at radius 1 is 1.28 bits per heavy atom. The van der Waals surface area contributed by atoms with Gasteiger partial charge >= 0.3 is 5.97 Å². The van der Waals surface area contributed by atoms with Gasteiger partial charge in [0.1, 0.15) is 5.82 Å². The third-order valence-corrected chi connectivity index (χ3v) is 4.18. The summed E-state index contributed by atoms with van der Waals surface area (Å²) in [4.78, 5) is 24.5. The van der Waals surface area contributed by atoms with Gasteiger partial charge in [0.15, 0.2) is 0 Å². The van der Waals surface area contributed by atoms with Crippen LogP contribution in [0.15, 0.2) is 48.1 Å². The van der Waals surface area contributed by atoms with Crippen LogP contribution in [0.3, 0.4) is 0 Å². The van der Waals surface area contributed by atoms with E-state index >= 15 is 0 Å². The lowest BCUT2D eigenvalue weighted by atomic mass is 9.86. The summed E-state index contributed by atoms with van der Waals surface area (Å²) >= 11 is 0. The zero-order valence-electron chi connectivity index (χ0n) is 13.9. The van der Waals surface area contributed by atoms with Gasteiger partial charge in [-0.05, 0) is 29.5 Å². The first-order chi connectivity index (χ1) is 11.9. The number of hydrogen-bond donors (Lipinski definition) is 3. The highest BCUT2D eigenvalue weighted by Crippen LogP contribution is 2.24. The van der Waals surface area contributed by atoms with Crippen molar-refractivity contribution in [1.29, 1.82) is 0 Å². The minimum absolute atomic E-state index is 0.0585. The molecule has 0 spiro atoms. The quantitative estimate of drug-likeness (QED) is 0.518. The zero-order chi connectivity index (χ0) is 18.4. The van der Waals surface area contributed by atoms with Gasteiger partial charge in [0, 0.05) is 13.1 Å². The number of carbonyl (C=O) groups excluding carboxylic acids is 1. The molecule has 0 saturated heterocycles. The third kappa shape index (κ3) is 5.51. The number of amides is 1. The molecule has 0 aromatic heterocycles. The Kier molecular flexibility index (Phi) is 6.44. The van der Waals surface area contributed by atoms with Gasteiger partial charge in [-0.3, -0.25) is 14.9 Å². The van der Waals surface area contributed by atoms with Crippen LogP contribution in [0, 0.1) is 17.7 Å². The van der Waals surface area contributed by atoms with Crippen molar-refractivity contribution in [2.45, 2.75) is 13.5 Å². The van der Waals surface area contributed by atoms with Crippen LogP contribution >= 0.6 is 0 Å². The number of carbonyl (C=O) groups is 2. The monoisotopic (exact) mass is 348 g/mol. The van der Waals surface area contributed by atoms with Crippen LogP contribution in [-0.4, -0.2) is 40.2 Å². The molecule has 0 fully saturated rings. The molecule has 0 bridgehead atoms. The lowest BCUT2D eigenvalue weighted by Gasteiger charge is -2.29. The summed E-state index contributed by atoms with van der Waals surface area (Å²) < 4.78 is 13.0. The molecule has 2 rings (SSSR count). The number of halogens is 1. The maximum Gasteiger partial charge on any atom is 0.335 e. The Hall–Kier alpha value is -2.51. The molecule has 6 nitrogen and oxygen atoms in total. The van der Waals surface area contributed by atoms with Gasteiger partial charge in [-0.15, -0.1) is 0 Å². The molecule has 1 aliphatic carbocycles. The maximum absolute atomic E-state index is 13.0. The number of rotatable bonds is 7. The van der Waals surface area contributed by atoms with E-state index in [0.29, 0.717) is 13.1 Å². The molecule has 2 unspecified atom stereocenters. The molecular formula is C18H21FN2O4. The van der Waals surface area contributed by atoms with Gasteiger partial charge in [-0.2, -0.15) is 0 Å². The zero-order valence-corrected chi connectivity index (χ0v) is 13.9. The predicted octanol–water partition coefficient (Wildman–Crippen LogP) is 1.97. The lowest BCUT2D eigenvalue weighted by Crippen LogP contribution is -2.39. The summed E-state index contributed by atoms with van der Waals surface area (Å²) in [6.07, 6.45) is 5.09. The first-order valence-electron chi connectivity index (χ1n) is 7.92. The van der Waals surface area contributed by atoms with Crippen molar-refractivity contribution in [3.05, 3.63) is 59.4 Å². The molecule has 3 N–H and O–H groups in total. The van der Waals surface area contributed by atoms with Crippen molar-refractivity contribution in [3.63, 3.8) is 0 Å². The molecule has 0 saturated carbocycles. The molecule has 1 amide bonds. The second-order valence-electron chi connectivity index (χ2n) is 6.14. The topological polar surface area (TPSA) is 89.9 Å². The van der Waals surface area contributed by atoms with Crippen molar-refractivity contribution >= 4 is 11.9 Å². The van der Waals surface area contributed by atoms with Gasteiger partial charge in [0.25, 0.3) is 5.91 Å². The van der Waals surface area contributed by atoms with E-state index in [0.717, 1.165) is 5.56 Å². The van der Waals surface area contributed by atoms with E-state index in [2.05, 4.69) is 0 Å². The van der Waals surface area contributed by atoms with Gasteiger partial charge in [-0.25, -0.2) is 14.7 Å². The first-order valence-corrected chi connectivity index (χ1v) is 7.92. The fraction of sp³-hybridized carbons (Fsp3) is 0.333. The van der Waals surface area contributed by atoms with E-state index in [1.807, 2.05) is 13.0 Å². The Balaban J connectivity index is 2.14. The van der Waals surface area contributed by atoms with E-state index in [1.165, 1.54) is 12.1 Å². The Bertz CT molecular complexity index is 685. The highest BCUT2D eigenvalue weighted by Gasteiger charge is 2.23. The molecule has 0 aliphatic heterocycles. The van der Waals surface area contributed by atoms with Crippen LogP contribution in [0.4, 0.5) is 4.39 Å². The molecule has 7 heteroatoms. The van der Waals surface area contributed by atoms with Crippen molar-refractivity contribution in [2.75, 3.05) is 13.1 Å². The number of carboxylic acids is 1. The van der Waals surface area contributed by atoms with Crippen LogP contribution in [0.25, 0.3) is 0 Å². The molecule has 2 atom stereocenters. The van der Waals surface area contributed by atoms with Crippen molar-refractivity contribution in [3.8, 4) is 0 Å². The second kappa shape index (κ2) is 8.55. The van der Waals surface area contributed by atoms with E-state index in [-0.39, 0.29) is 29.8 Å². The summed E-state index contributed by atoms with van der Waals surface area (Å²) in [6, 6.07) is 5.94. The number of benzene rings is 1. The Morgan fingerprint density at radius 3 is 2.56 bits per heavy atom. The van der Waals surface area contributed by atoms with Gasteiger partial charge in [0.2, 0.25) is 0 Å². The summed E-state index contributed by atoms with van der Waals surface area (Å²) in [5.74, 6) is -1.89. The van der Waals surface area contributed by atoms with Crippen LogP contribution in [0.2, 0.25) is 0 Å². The van der Waals surface area contributed by atoms with E-state index in [9.17, 15) is 14.0 Å². The summed E-state index contributed by atoms with van der Waals surface area (Å²) in [5, 5.41) is 17.9. The summed E-state index contributed by atoms with van der Waals surface area (Å²) in [5.41, 5.74) is 2.63. The van der Waals surface area contributed by atoms with Crippen molar-refractivity contribution in [1.82, 2.24) is 10.4 Å². The molecule has 0 heterocycles. The highest BCUT2D eigenvalue weighted by atomic mass is 19.1. The molecule has 25 heavy (non-hydrogen) atoms. The van der Waals surface area contributed by atoms with E-state index in [4.69, 9.17) is 10.3 Å². The number of carboxylic acid groups (broad SMARTS) is 1. The fourth-order valence-corrected chi connectivity index (χ4v) is 2.77. The number of nitrogens with one attached hydrogen (secondary N) is 1. The highest BCUT2D eigenvalue weighted by molar-refractivity contribution is 5.90. The van der Waals surface area contributed by atoms with Crippen molar-refractivity contribution < 1.29 is 24.3 Å².